The van der Waals surface area contributed by atoms with Crippen LogP contribution in [0.3, 0.4) is 0 Å². The second-order valence-electron chi connectivity index (χ2n) is 2.64. The minimum atomic E-state index is -0.710. The molecule has 72 valence electrons. The third-order valence-corrected chi connectivity index (χ3v) is 2.42. The smallest absolute Gasteiger partial charge is 0.427 e. The van der Waals surface area contributed by atoms with E-state index in [1.807, 2.05) is 24.3 Å². The monoisotopic (exact) mass is 197 g/mol. The molecule has 0 atom stereocenters. The maximum absolute atomic E-state index is 5.22. The Hall–Kier alpha value is -1.00. The zero-order chi connectivity index (χ0) is 9.52. The van der Waals surface area contributed by atoms with Gasteiger partial charge in [0.15, 0.2) is 0 Å². The van der Waals surface area contributed by atoms with Crippen molar-refractivity contribution in [3.8, 4) is 11.5 Å². The molecule has 0 radical (unpaired) electrons. The van der Waals surface area contributed by atoms with E-state index in [0.717, 1.165) is 24.5 Å². The minimum Gasteiger partial charge on any atom is -0.513 e. The van der Waals surface area contributed by atoms with Crippen LogP contribution in [0.1, 0.15) is 13.3 Å². The number of rotatable bonds is 1. The fourth-order valence-corrected chi connectivity index (χ4v) is 1.63. The van der Waals surface area contributed by atoms with E-state index in [1.165, 1.54) is 0 Å². The lowest BCUT2D eigenvalue weighted by atomic mass is 10.3. The molecule has 2 rings (SSSR count). The third kappa shape index (κ3) is 3.08. The molecule has 1 aromatic rings. The van der Waals surface area contributed by atoms with Crippen molar-refractivity contribution in [2.45, 2.75) is 13.3 Å². The first-order chi connectivity index (χ1) is 6.38. The Kier molecular flexibility index (Phi) is 4.35. The normalized spacial score (nSPS) is 11.8. The van der Waals surface area contributed by atoms with Gasteiger partial charge in [0.2, 0.25) is 0 Å². The van der Waals surface area contributed by atoms with E-state index in [0.29, 0.717) is 0 Å². The zero-order valence-corrected chi connectivity index (χ0v) is 9.24. The van der Waals surface area contributed by atoms with Gasteiger partial charge in [-0.3, -0.25) is 0 Å². The largest absolute Gasteiger partial charge is 0.513 e. The lowest BCUT2D eigenvalue weighted by molar-refractivity contribution is 0.541. The first-order valence-corrected chi connectivity index (χ1v) is 5.58. The molecule has 4 heteroatoms. The number of para-hydroxylation sites is 2. The predicted octanol–water partition coefficient (Wildman–Crippen LogP) is 0.812. The van der Waals surface area contributed by atoms with Gasteiger partial charge >= 0.3 is 10.0 Å². The van der Waals surface area contributed by atoms with Gasteiger partial charge in [0, 0.05) is 0 Å². The highest BCUT2D eigenvalue weighted by Gasteiger charge is 2.10. The average molecular weight is 197 g/mol. The van der Waals surface area contributed by atoms with E-state index in [-0.39, 0.29) is 0 Å². The van der Waals surface area contributed by atoms with Gasteiger partial charge in [0.25, 0.3) is 0 Å². The Labute approximate surface area is 80.9 Å². The van der Waals surface area contributed by atoms with E-state index in [1.54, 1.807) is 0 Å². The van der Waals surface area contributed by atoms with Crippen molar-refractivity contribution in [2.24, 2.45) is 5.73 Å². The lowest BCUT2D eigenvalue weighted by Crippen LogP contribution is -1.99. The summed E-state index contributed by atoms with van der Waals surface area (Å²) >= 11 is 0. The third-order valence-electron chi connectivity index (χ3n) is 1.57. The number of benzene rings is 1. The van der Waals surface area contributed by atoms with Gasteiger partial charge in [0.05, 0.1) is 0 Å². The lowest BCUT2D eigenvalue weighted by Gasteiger charge is -1.91. The van der Waals surface area contributed by atoms with Gasteiger partial charge in [-0.1, -0.05) is 19.1 Å². The molecule has 1 aliphatic heterocycles. The van der Waals surface area contributed by atoms with Gasteiger partial charge in [0.1, 0.15) is 11.5 Å². The first kappa shape index (κ1) is 10.1. The molecular weight excluding hydrogens is 182 g/mol. The van der Waals surface area contributed by atoms with E-state index in [2.05, 4.69) is 6.92 Å². The molecule has 0 saturated carbocycles. The molecule has 13 heavy (non-hydrogen) atoms. The van der Waals surface area contributed by atoms with Crippen LogP contribution in [0.15, 0.2) is 24.3 Å². The van der Waals surface area contributed by atoms with Crippen LogP contribution in [0.4, 0.5) is 0 Å². The summed E-state index contributed by atoms with van der Waals surface area (Å²) in [6.07, 6.45) is 1.10. The molecule has 1 aromatic carbocycles. The van der Waals surface area contributed by atoms with Gasteiger partial charge in [-0.2, -0.15) is 0 Å². The standard InChI is InChI=1S/C6H6O2Si.C3H9N/c1-2-4-6-5(3-1)7-9-8-6;1-2-3-4/h1-4H,9H2;2-4H2,1H3. The Balaban J connectivity index is 0.000000184. The summed E-state index contributed by atoms with van der Waals surface area (Å²) < 4.78 is 10.4. The average Bonchev–Trinajstić information content (AvgIpc) is 2.66. The number of hydrogen-bond acceptors (Lipinski definition) is 3. The molecule has 3 nitrogen and oxygen atoms in total. The molecule has 0 bridgehead atoms. The Morgan fingerprint density at radius 1 is 1.23 bits per heavy atom. The summed E-state index contributed by atoms with van der Waals surface area (Å²) in [5.41, 5.74) is 5.03. The van der Waals surface area contributed by atoms with Gasteiger partial charge in [-0.05, 0) is 25.1 Å². The van der Waals surface area contributed by atoms with Crippen LogP contribution in [0.5, 0.6) is 11.5 Å². The highest BCUT2D eigenvalue weighted by Crippen LogP contribution is 2.29. The van der Waals surface area contributed by atoms with Crippen LogP contribution >= 0.6 is 0 Å². The molecule has 0 aromatic heterocycles. The van der Waals surface area contributed by atoms with Crippen molar-refractivity contribution in [3.63, 3.8) is 0 Å². The molecule has 2 N–H and O–H groups in total. The van der Waals surface area contributed by atoms with Crippen molar-refractivity contribution >= 4 is 10.0 Å². The van der Waals surface area contributed by atoms with Crippen molar-refractivity contribution in [2.75, 3.05) is 6.54 Å². The second-order valence-corrected chi connectivity index (χ2v) is 3.45. The maximum atomic E-state index is 5.22. The number of hydrogen-bond donors (Lipinski definition) is 1. The van der Waals surface area contributed by atoms with Crippen molar-refractivity contribution in [1.29, 1.82) is 0 Å². The molecule has 0 aliphatic carbocycles. The Morgan fingerprint density at radius 2 is 1.69 bits per heavy atom. The van der Waals surface area contributed by atoms with Gasteiger partial charge in [-0.25, -0.2) is 0 Å². The van der Waals surface area contributed by atoms with Crippen molar-refractivity contribution < 1.29 is 8.85 Å². The fourth-order valence-electron chi connectivity index (χ4n) is 0.845. The molecule has 1 aliphatic rings. The predicted molar refractivity (Wildman–Crippen MR) is 55.6 cm³/mol. The fraction of sp³-hybridized carbons (Fsp3) is 0.333. The van der Waals surface area contributed by atoms with Crippen LogP contribution in [0, 0.1) is 0 Å². The van der Waals surface area contributed by atoms with Crippen molar-refractivity contribution in [1.82, 2.24) is 0 Å². The number of fused-ring (bicyclic) bond motifs is 1. The molecule has 0 spiro atoms. The molecule has 0 unspecified atom stereocenters. The minimum absolute atomic E-state index is 0.710. The molecule has 1 heterocycles. The van der Waals surface area contributed by atoms with Gasteiger partial charge in [-0.15, -0.1) is 0 Å². The number of nitrogens with two attached hydrogens (primary N) is 1. The van der Waals surface area contributed by atoms with E-state index >= 15 is 0 Å². The van der Waals surface area contributed by atoms with Crippen molar-refractivity contribution in [3.05, 3.63) is 24.3 Å². The zero-order valence-electron chi connectivity index (χ0n) is 7.82. The SMILES string of the molecule is CCCN.c1ccc2c(c1)O[SiH2]O2. The van der Waals surface area contributed by atoms with Gasteiger partial charge < -0.3 is 14.6 Å². The van der Waals surface area contributed by atoms with E-state index in [4.69, 9.17) is 14.6 Å². The summed E-state index contributed by atoms with van der Waals surface area (Å²) in [5.74, 6) is 1.81. The summed E-state index contributed by atoms with van der Waals surface area (Å²) in [5, 5.41) is 0. The van der Waals surface area contributed by atoms with Crippen LogP contribution in [-0.2, 0) is 0 Å². The summed E-state index contributed by atoms with van der Waals surface area (Å²) in [4.78, 5) is 0. The van der Waals surface area contributed by atoms with E-state index in [9.17, 15) is 0 Å². The first-order valence-electron chi connectivity index (χ1n) is 4.43. The highest BCUT2D eigenvalue weighted by molar-refractivity contribution is 6.22. The Bertz CT molecular complexity index is 230. The quantitative estimate of drug-likeness (QED) is 0.678. The molecule has 0 amide bonds. The topological polar surface area (TPSA) is 44.5 Å². The summed E-state index contributed by atoms with van der Waals surface area (Å²) in [6, 6.07) is 7.74. The van der Waals surface area contributed by atoms with Crippen LogP contribution < -0.4 is 14.6 Å². The Morgan fingerprint density at radius 3 is 2.08 bits per heavy atom. The van der Waals surface area contributed by atoms with Crippen LogP contribution in [0.25, 0.3) is 0 Å². The molecule has 0 saturated heterocycles. The molecular formula is C9H15NO2Si. The summed E-state index contributed by atoms with van der Waals surface area (Å²) in [6.45, 7) is 2.88. The second kappa shape index (κ2) is 5.61. The van der Waals surface area contributed by atoms with Crippen LogP contribution in [0.2, 0.25) is 0 Å². The highest BCUT2D eigenvalue weighted by atomic mass is 28.3. The van der Waals surface area contributed by atoms with Crippen LogP contribution in [-0.4, -0.2) is 16.6 Å². The molecule has 0 fully saturated rings. The maximum Gasteiger partial charge on any atom is 0.427 e. The van der Waals surface area contributed by atoms with E-state index < -0.39 is 10.0 Å². The summed E-state index contributed by atoms with van der Waals surface area (Å²) in [7, 11) is -0.710.